The minimum absolute atomic E-state index is 0.0496. The van der Waals surface area contributed by atoms with Crippen molar-refractivity contribution in [3.63, 3.8) is 0 Å². The van der Waals surface area contributed by atoms with E-state index >= 15 is 0 Å². The highest BCUT2D eigenvalue weighted by molar-refractivity contribution is 7.98. The number of aryl methyl sites for hydroxylation is 1. The number of methoxy groups -OCH3 is 1. The van der Waals surface area contributed by atoms with Crippen LogP contribution in [-0.4, -0.2) is 16.7 Å². The summed E-state index contributed by atoms with van der Waals surface area (Å²) >= 11 is 1.46. The molecule has 3 aromatic rings. The van der Waals surface area contributed by atoms with Gasteiger partial charge in [-0.25, -0.2) is 4.98 Å². The second-order valence-electron chi connectivity index (χ2n) is 6.41. The highest BCUT2D eigenvalue weighted by Crippen LogP contribution is 2.23. The van der Waals surface area contributed by atoms with Gasteiger partial charge in [-0.1, -0.05) is 42.1 Å². The lowest BCUT2D eigenvalue weighted by atomic mass is 10.0. The Balaban J connectivity index is 1.86. The SMILES string of the molecule is COc1cccc(Cc2c(C)nc(SCc3ccccc3C#N)n(C)c2=O)c1. The summed E-state index contributed by atoms with van der Waals surface area (Å²) in [5.74, 6) is 1.35. The lowest BCUT2D eigenvalue weighted by Gasteiger charge is -2.13. The Morgan fingerprint density at radius 1 is 1.21 bits per heavy atom. The lowest BCUT2D eigenvalue weighted by molar-refractivity contribution is 0.414. The van der Waals surface area contributed by atoms with Crippen LogP contribution in [0.5, 0.6) is 5.75 Å². The molecule has 0 fully saturated rings. The Bertz CT molecular complexity index is 1100. The normalized spacial score (nSPS) is 10.5. The number of benzene rings is 2. The first-order chi connectivity index (χ1) is 13.5. The van der Waals surface area contributed by atoms with Gasteiger partial charge in [0.15, 0.2) is 5.16 Å². The first-order valence-electron chi connectivity index (χ1n) is 8.83. The molecule has 2 aromatic carbocycles. The molecular formula is C22H21N3O2S. The number of hydrogen-bond acceptors (Lipinski definition) is 5. The number of ether oxygens (including phenoxy) is 1. The molecule has 6 heteroatoms. The van der Waals surface area contributed by atoms with Crippen LogP contribution in [0.15, 0.2) is 58.5 Å². The van der Waals surface area contributed by atoms with Gasteiger partial charge in [0.05, 0.1) is 18.7 Å². The summed E-state index contributed by atoms with van der Waals surface area (Å²) in [4.78, 5) is 17.6. The van der Waals surface area contributed by atoms with Crippen LogP contribution in [0.3, 0.4) is 0 Å². The molecule has 0 atom stereocenters. The van der Waals surface area contributed by atoms with E-state index in [1.165, 1.54) is 11.8 Å². The molecule has 0 spiro atoms. The van der Waals surface area contributed by atoms with E-state index in [4.69, 9.17) is 4.74 Å². The Hall–Kier alpha value is -3.04. The molecule has 0 bridgehead atoms. The maximum atomic E-state index is 12.9. The van der Waals surface area contributed by atoms with E-state index < -0.39 is 0 Å². The van der Waals surface area contributed by atoms with Crippen molar-refractivity contribution in [3.05, 3.63) is 86.8 Å². The van der Waals surface area contributed by atoms with Gasteiger partial charge in [0.2, 0.25) is 0 Å². The molecule has 0 amide bonds. The maximum absolute atomic E-state index is 12.9. The third-order valence-electron chi connectivity index (χ3n) is 4.56. The Labute approximate surface area is 168 Å². The molecule has 0 saturated carbocycles. The predicted molar refractivity (Wildman–Crippen MR) is 111 cm³/mol. The summed E-state index contributed by atoms with van der Waals surface area (Å²) in [6, 6.07) is 17.4. The molecule has 5 nitrogen and oxygen atoms in total. The number of aromatic nitrogens is 2. The van der Waals surface area contributed by atoms with E-state index in [9.17, 15) is 10.1 Å². The van der Waals surface area contributed by atoms with Gasteiger partial charge in [-0.15, -0.1) is 0 Å². The topological polar surface area (TPSA) is 67.9 Å². The quantitative estimate of drug-likeness (QED) is 0.472. The molecule has 0 aliphatic heterocycles. The van der Waals surface area contributed by atoms with Gasteiger partial charge in [-0.3, -0.25) is 9.36 Å². The smallest absolute Gasteiger partial charge is 0.257 e. The van der Waals surface area contributed by atoms with Gasteiger partial charge in [0.1, 0.15) is 5.75 Å². The predicted octanol–water partition coefficient (Wildman–Crippen LogP) is 3.85. The zero-order valence-corrected chi connectivity index (χ0v) is 16.9. The highest BCUT2D eigenvalue weighted by Gasteiger charge is 2.14. The van der Waals surface area contributed by atoms with Crippen molar-refractivity contribution in [1.82, 2.24) is 9.55 Å². The van der Waals surface area contributed by atoms with Crippen molar-refractivity contribution in [2.24, 2.45) is 7.05 Å². The van der Waals surface area contributed by atoms with Crippen LogP contribution in [0.25, 0.3) is 0 Å². The van der Waals surface area contributed by atoms with Crippen LogP contribution < -0.4 is 10.3 Å². The molecule has 28 heavy (non-hydrogen) atoms. The number of thioether (sulfide) groups is 1. The van der Waals surface area contributed by atoms with Crippen LogP contribution in [0, 0.1) is 18.3 Å². The summed E-state index contributed by atoms with van der Waals surface area (Å²) < 4.78 is 6.85. The van der Waals surface area contributed by atoms with Crippen LogP contribution in [0.2, 0.25) is 0 Å². The zero-order valence-electron chi connectivity index (χ0n) is 16.1. The average molecular weight is 391 g/mol. The van der Waals surface area contributed by atoms with Crippen molar-refractivity contribution in [2.75, 3.05) is 7.11 Å². The first kappa shape index (κ1) is 19.7. The van der Waals surface area contributed by atoms with E-state index in [1.54, 1.807) is 24.8 Å². The third kappa shape index (κ3) is 4.26. The van der Waals surface area contributed by atoms with Gasteiger partial charge in [-0.2, -0.15) is 5.26 Å². The van der Waals surface area contributed by atoms with Crippen LogP contribution >= 0.6 is 11.8 Å². The van der Waals surface area contributed by atoms with Crippen LogP contribution in [-0.2, 0) is 19.2 Å². The van der Waals surface area contributed by atoms with E-state index in [0.29, 0.717) is 28.5 Å². The first-order valence-corrected chi connectivity index (χ1v) is 9.82. The number of nitriles is 1. The minimum Gasteiger partial charge on any atom is -0.497 e. The molecule has 0 saturated heterocycles. The molecule has 1 aromatic heterocycles. The maximum Gasteiger partial charge on any atom is 0.257 e. The fourth-order valence-electron chi connectivity index (χ4n) is 2.95. The largest absolute Gasteiger partial charge is 0.497 e. The standard InChI is InChI=1S/C22H21N3O2S/c1-15-20(12-16-7-6-10-19(11-16)27-3)21(26)25(2)22(24-15)28-14-18-9-5-4-8-17(18)13-23/h4-11H,12,14H2,1-3H3. The Kier molecular flexibility index (Phi) is 6.17. The van der Waals surface area contributed by atoms with E-state index in [1.807, 2.05) is 49.4 Å². The second-order valence-corrected chi connectivity index (χ2v) is 7.35. The fraction of sp³-hybridized carbons (Fsp3) is 0.227. The van der Waals surface area contributed by atoms with Gasteiger partial charge in [0, 0.05) is 30.5 Å². The van der Waals surface area contributed by atoms with Crippen molar-refractivity contribution in [1.29, 1.82) is 5.26 Å². The van der Waals surface area contributed by atoms with Crippen molar-refractivity contribution >= 4 is 11.8 Å². The van der Waals surface area contributed by atoms with Crippen molar-refractivity contribution < 1.29 is 4.74 Å². The summed E-state index contributed by atoms with van der Waals surface area (Å²) in [6.07, 6.45) is 0.505. The molecule has 0 radical (unpaired) electrons. The third-order valence-corrected chi connectivity index (χ3v) is 5.64. The van der Waals surface area contributed by atoms with Crippen LogP contribution in [0.4, 0.5) is 0 Å². The monoisotopic (exact) mass is 391 g/mol. The second kappa shape index (κ2) is 8.77. The molecule has 1 heterocycles. The summed E-state index contributed by atoms with van der Waals surface area (Å²) in [6.45, 7) is 1.87. The number of hydrogen-bond donors (Lipinski definition) is 0. The van der Waals surface area contributed by atoms with E-state index in [2.05, 4.69) is 11.1 Å². The minimum atomic E-state index is -0.0496. The molecule has 0 aliphatic rings. The molecule has 0 aliphatic carbocycles. The van der Waals surface area contributed by atoms with Crippen molar-refractivity contribution in [3.8, 4) is 11.8 Å². The lowest BCUT2D eigenvalue weighted by Crippen LogP contribution is -2.25. The number of rotatable bonds is 6. The van der Waals surface area contributed by atoms with Crippen LogP contribution in [0.1, 0.15) is 27.9 Å². The van der Waals surface area contributed by atoms with Gasteiger partial charge < -0.3 is 4.74 Å². The molecule has 3 rings (SSSR count). The summed E-state index contributed by atoms with van der Waals surface area (Å²) in [7, 11) is 3.36. The van der Waals surface area contributed by atoms with Gasteiger partial charge in [-0.05, 0) is 36.2 Å². The molecule has 142 valence electrons. The zero-order chi connectivity index (χ0) is 20.1. The van der Waals surface area contributed by atoms with Crippen molar-refractivity contribution in [2.45, 2.75) is 24.3 Å². The Morgan fingerprint density at radius 2 is 2.00 bits per heavy atom. The summed E-state index contributed by atoms with van der Waals surface area (Å²) in [5, 5.41) is 9.88. The molecular weight excluding hydrogens is 370 g/mol. The fourth-order valence-corrected chi connectivity index (χ4v) is 3.96. The summed E-state index contributed by atoms with van der Waals surface area (Å²) in [5.41, 5.74) is 3.93. The van der Waals surface area contributed by atoms with Gasteiger partial charge >= 0.3 is 0 Å². The average Bonchev–Trinajstić information content (AvgIpc) is 2.73. The van der Waals surface area contributed by atoms with Gasteiger partial charge in [0.25, 0.3) is 5.56 Å². The Morgan fingerprint density at radius 3 is 2.75 bits per heavy atom. The number of nitrogens with zero attached hydrogens (tertiary/aromatic N) is 3. The highest BCUT2D eigenvalue weighted by atomic mass is 32.2. The van der Waals surface area contributed by atoms with E-state index in [0.717, 1.165) is 22.6 Å². The molecule has 0 N–H and O–H groups in total. The molecule has 0 unspecified atom stereocenters. The van der Waals surface area contributed by atoms with E-state index in [-0.39, 0.29) is 5.56 Å².